The smallest absolute Gasteiger partial charge is 0.256 e. The minimum absolute atomic E-state index is 0.0904. The fourth-order valence-corrected chi connectivity index (χ4v) is 4.72. The molecular formula is C22H19ClN2O2S. The lowest BCUT2D eigenvalue weighted by Gasteiger charge is -2.50. The van der Waals surface area contributed by atoms with Crippen LogP contribution in [0.4, 0.5) is 11.4 Å². The summed E-state index contributed by atoms with van der Waals surface area (Å²) in [6, 6.07) is 16.7. The molecular weight excluding hydrogens is 392 g/mol. The highest BCUT2D eigenvalue weighted by molar-refractivity contribution is 7.10. The quantitative estimate of drug-likeness (QED) is 0.594. The monoisotopic (exact) mass is 410 g/mol. The van der Waals surface area contributed by atoms with Crippen LogP contribution in [0, 0.1) is 13.8 Å². The van der Waals surface area contributed by atoms with Gasteiger partial charge in [0, 0.05) is 21.3 Å². The molecule has 1 N–H and O–H groups in total. The van der Waals surface area contributed by atoms with Crippen molar-refractivity contribution in [2.75, 3.05) is 10.2 Å². The SMILES string of the molecule is Cc1cccc(C)c1NC(=O)[C@@]1(c2cccs2)CC(=O)N1c1ccc(Cl)cc1. The Bertz CT molecular complexity index is 1030. The number of nitrogens with zero attached hydrogens (tertiary/aromatic N) is 1. The third-order valence-electron chi connectivity index (χ3n) is 5.15. The lowest BCUT2D eigenvalue weighted by atomic mass is 9.80. The standard InChI is InChI=1S/C22H19ClN2O2S/c1-14-5-3-6-15(2)20(14)24-21(27)22(18-7-4-12-28-18)13-19(26)25(22)17-10-8-16(23)9-11-17/h3-12H,13H2,1-2H3,(H,24,27)/t22-/m0/s1. The number of nitrogens with one attached hydrogen (secondary N) is 1. The number of rotatable bonds is 4. The first kappa shape index (κ1) is 18.7. The number of anilines is 2. The molecule has 6 heteroatoms. The Kier molecular flexibility index (Phi) is 4.73. The lowest BCUT2D eigenvalue weighted by Crippen LogP contribution is -2.67. The van der Waals surface area contributed by atoms with E-state index in [1.54, 1.807) is 29.2 Å². The molecule has 4 nitrogen and oxygen atoms in total. The third-order valence-corrected chi connectivity index (χ3v) is 6.42. The maximum Gasteiger partial charge on any atom is 0.256 e. The summed E-state index contributed by atoms with van der Waals surface area (Å²) in [4.78, 5) is 28.6. The van der Waals surface area contributed by atoms with E-state index in [2.05, 4.69) is 5.32 Å². The fraction of sp³-hybridized carbons (Fsp3) is 0.182. The summed E-state index contributed by atoms with van der Waals surface area (Å²) in [6.45, 7) is 3.92. The normalized spacial score (nSPS) is 18.7. The number of amides is 2. The average Bonchev–Trinajstić information content (AvgIpc) is 3.19. The first-order valence-corrected chi connectivity index (χ1v) is 10.2. The zero-order chi connectivity index (χ0) is 19.9. The number of para-hydroxylation sites is 1. The van der Waals surface area contributed by atoms with Crippen molar-refractivity contribution in [1.82, 2.24) is 0 Å². The molecule has 0 bridgehead atoms. The summed E-state index contributed by atoms with van der Waals surface area (Å²) in [5.41, 5.74) is 2.36. The van der Waals surface area contributed by atoms with Crippen LogP contribution in [0.25, 0.3) is 0 Å². The first-order valence-electron chi connectivity index (χ1n) is 8.94. The third kappa shape index (κ3) is 2.91. The minimum atomic E-state index is -1.06. The summed E-state index contributed by atoms with van der Waals surface area (Å²) >= 11 is 7.48. The molecule has 0 radical (unpaired) electrons. The Morgan fingerprint density at radius 1 is 1.07 bits per heavy atom. The summed E-state index contributed by atoms with van der Waals surface area (Å²) in [7, 11) is 0. The van der Waals surface area contributed by atoms with Crippen LogP contribution in [0.1, 0.15) is 22.4 Å². The zero-order valence-electron chi connectivity index (χ0n) is 15.5. The highest BCUT2D eigenvalue weighted by atomic mass is 35.5. The maximum absolute atomic E-state index is 13.6. The Morgan fingerprint density at radius 3 is 2.32 bits per heavy atom. The molecule has 0 unspecified atom stereocenters. The number of benzene rings is 2. The van der Waals surface area contributed by atoms with Crippen molar-refractivity contribution < 1.29 is 9.59 Å². The molecule has 0 spiro atoms. The van der Waals surface area contributed by atoms with Crippen molar-refractivity contribution >= 4 is 46.1 Å². The predicted octanol–water partition coefficient (Wildman–Crippen LogP) is 5.29. The molecule has 1 aromatic heterocycles. The second-order valence-corrected chi connectivity index (χ2v) is 8.32. The van der Waals surface area contributed by atoms with Crippen LogP contribution >= 0.6 is 22.9 Å². The van der Waals surface area contributed by atoms with E-state index in [1.807, 2.05) is 49.6 Å². The number of aryl methyl sites for hydroxylation is 2. The van der Waals surface area contributed by atoms with E-state index in [-0.39, 0.29) is 18.2 Å². The van der Waals surface area contributed by atoms with Gasteiger partial charge in [-0.05, 0) is 60.7 Å². The van der Waals surface area contributed by atoms with Crippen LogP contribution in [0.3, 0.4) is 0 Å². The molecule has 1 saturated heterocycles. The molecule has 2 amide bonds. The molecule has 1 aliphatic rings. The Hall–Kier alpha value is -2.63. The number of β-lactam (4-membered cyclic amide) rings is 1. The van der Waals surface area contributed by atoms with E-state index in [9.17, 15) is 9.59 Å². The predicted molar refractivity (Wildman–Crippen MR) is 114 cm³/mol. The molecule has 2 heterocycles. The van der Waals surface area contributed by atoms with Crippen LogP contribution in [0.5, 0.6) is 0 Å². The molecule has 0 saturated carbocycles. The van der Waals surface area contributed by atoms with Gasteiger partial charge in [-0.25, -0.2) is 0 Å². The summed E-state index contributed by atoms with van der Waals surface area (Å²) in [5, 5.41) is 5.59. The lowest BCUT2D eigenvalue weighted by molar-refractivity contribution is -0.137. The van der Waals surface area contributed by atoms with Gasteiger partial charge in [-0.1, -0.05) is 35.9 Å². The summed E-state index contributed by atoms with van der Waals surface area (Å²) in [6.07, 6.45) is 0.132. The first-order chi connectivity index (χ1) is 13.4. The molecule has 142 valence electrons. The molecule has 2 aromatic carbocycles. The van der Waals surface area contributed by atoms with Gasteiger partial charge in [0.15, 0.2) is 5.54 Å². The Balaban J connectivity index is 1.79. The summed E-state index contributed by atoms with van der Waals surface area (Å²) < 4.78 is 0. The van der Waals surface area contributed by atoms with E-state index in [4.69, 9.17) is 11.6 Å². The minimum Gasteiger partial charge on any atom is -0.323 e. The van der Waals surface area contributed by atoms with Crippen molar-refractivity contribution in [3.63, 3.8) is 0 Å². The molecule has 4 rings (SSSR count). The molecule has 1 aliphatic heterocycles. The van der Waals surface area contributed by atoms with Crippen molar-refractivity contribution in [2.24, 2.45) is 0 Å². The van der Waals surface area contributed by atoms with Gasteiger partial charge >= 0.3 is 0 Å². The highest BCUT2D eigenvalue weighted by Gasteiger charge is 2.59. The van der Waals surface area contributed by atoms with E-state index in [1.165, 1.54) is 11.3 Å². The van der Waals surface area contributed by atoms with Gasteiger partial charge < -0.3 is 5.32 Å². The highest BCUT2D eigenvalue weighted by Crippen LogP contribution is 2.47. The van der Waals surface area contributed by atoms with Gasteiger partial charge in [0.2, 0.25) is 5.91 Å². The molecule has 1 fully saturated rings. The number of thiophene rings is 1. The van der Waals surface area contributed by atoms with Gasteiger partial charge in [-0.15, -0.1) is 11.3 Å². The number of carbonyl (C=O) groups excluding carboxylic acids is 2. The second-order valence-electron chi connectivity index (χ2n) is 6.94. The zero-order valence-corrected chi connectivity index (χ0v) is 17.1. The second kappa shape index (κ2) is 7.08. The van der Waals surface area contributed by atoms with Crippen LogP contribution in [0.2, 0.25) is 5.02 Å². The van der Waals surface area contributed by atoms with Crippen molar-refractivity contribution in [3.05, 3.63) is 81.0 Å². The Morgan fingerprint density at radius 2 is 1.75 bits per heavy atom. The van der Waals surface area contributed by atoms with Crippen molar-refractivity contribution in [3.8, 4) is 0 Å². The van der Waals surface area contributed by atoms with Gasteiger partial charge in [-0.3, -0.25) is 14.5 Å². The van der Waals surface area contributed by atoms with Crippen molar-refractivity contribution in [2.45, 2.75) is 25.8 Å². The average molecular weight is 411 g/mol. The van der Waals surface area contributed by atoms with E-state index >= 15 is 0 Å². The maximum atomic E-state index is 13.6. The van der Waals surface area contributed by atoms with Crippen LogP contribution in [-0.4, -0.2) is 11.8 Å². The largest absolute Gasteiger partial charge is 0.323 e. The molecule has 28 heavy (non-hydrogen) atoms. The summed E-state index contributed by atoms with van der Waals surface area (Å²) in [5.74, 6) is -0.297. The van der Waals surface area contributed by atoms with Gasteiger partial charge in [0.1, 0.15) is 0 Å². The van der Waals surface area contributed by atoms with Gasteiger partial charge in [0.25, 0.3) is 5.91 Å². The van der Waals surface area contributed by atoms with E-state index in [0.717, 1.165) is 21.7 Å². The number of carbonyl (C=O) groups is 2. The van der Waals surface area contributed by atoms with Crippen LogP contribution < -0.4 is 10.2 Å². The Labute approximate surface area is 172 Å². The van der Waals surface area contributed by atoms with Crippen LogP contribution in [-0.2, 0) is 15.1 Å². The number of hydrogen-bond acceptors (Lipinski definition) is 3. The molecule has 0 aliphatic carbocycles. The molecule has 1 atom stereocenters. The van der Waals surface area contributed by atoms with Gasteiger partial charge in [-0.2, -0.15) is 0 Å². The number of halogens is 1. The van der Waals surface area contributed by atoms with Crippen LogP contribution in [0.15, 0.2) is 60.0 Å². The van der Waals surface area contributed by atoms with Crippen molar-refractivity contribution in [1.29, 1.82) is 0 Å². The van der Waals surface area contributed by atoms with Gasteiger partial charge in [0.05, 0.1) is 6.42 Å². The van der Waals surface area contributed by atoms with E-state index < -0.39 is 5.54 Å². The topological polar surface area (TPSA) is 49.4 Å². The van der Waals surface area contributed by atoms with E-state index in [0.29, 0.717) is 10.7 Å². The fourth-order valence-electron chi connectivity index (χ4n) is 3.69. The molecule has 3 aromatic rings. The number of hydrogen-bond donors (Lipinski definition) is 1.